The molecule has 1 heterocycles. The Morgan fingerprint density at radius 1 is 1.15 bits per heavy atom. The molecule has 0 atom stereocenters. The number of benzene rings is 2. The predicted molar refractivity (Wildman–Crippen MR) is 127 cm³/mol. The molecule has 8 nitrogen and oxygen atoms in total. The number of amides is 2. The summed E-state index contributed by atoms with van der Waals surface area (Å²) in [4.78, 5) is 25.2. The van der Waals surface area contributed by atoms with Crippen LogP contribution in [0.3, 0.4) is 0 Å². The first kappa shape index (κ1) is 24.5. The van der Waals surface area contributed by atoms with Crippen molar-refractivity contribution < 1.29 is 22.7 Å². The van der Waals surface area contributed by atoms with Crippen molar-refractivity contribution in [2.75, 3.05) is 32.1 Å². The molecule has 9 heteroatoms. The van der Waals surface area contributed by atoms with E-state index in [1.54, 1.807) is 42.5 Å². The molecule has 1 aliphatic rings. The van der Waals surface area contributed by atoms with Crippen LogP contribution >= 0.6 is 0 Å². The highest BCUT2D eigenvalue weighted by Gasteiger charge is 2.27. The zero-order valence-electron chi connectivity index (χ0n) is 18.7. The number of nitrogens with zero attached hydrogens (tertiary/aromatic N) is 1. The summed E-state index contributed by atoms with van der Waals surface area (Å²) in [6.07, 6.45) is 3.66. The zero-order chi connectivity index (χ0) is 23.8. The molecule has 0 saturated carbocycles. The molecule has 0 aliphatic carbocycles. The second-order valence-electron chi connectivity index (χ2n) is 7.68. The van der Waals surface area contributed by atoms with Crippen LogP contribution in [0.4, 0.5) is 5.69 Å². The number of hydrogen-bond donors (Lipinski definition) is 2. The first-order valence-electron chi connectivity index (χ1n) is 10.8. The summed E-state index contributed by atoms with van der Waals surface area (Å²) >= 11 is 0. The first-order valence-corrected chi connectivity index (χ1v) is 12.3. The van der Waals surface area contributed by atoms with Gasteiger partial charge in [0.25, 0.3) is 5.91 Å². The number of anilines is 1. The van der Waals surface area contributed by atoms with Gasteiger partial charge in [0.05, 0.1) is 23.3 Å². The fourth-order valence-electron chi connectivity index (χ4n) is 3.70. The Kier molecular flexibility index (Phi) is 8.24. The summed E-state index contributed by atoms with van der Waals surface area (Å²) in [6, 6.07) is 11.5. The molecule has 1 aliphatic heterocycles. The smallest absolute Gasteiger partial charge is 0.253 e. The second kappa shape index (κ2) is 11.1. The van der Waals surface area contributed by atoms with Crippen molar-refractivity contribution in [1.29, 1.82) is 0 Å². The van der Waals surface area contributed by atoms with Gasteiger partial charge in [-0.2, -0.15) is 4.31 Å². The number of methoxy groups -OCH3 is 1. The van der Waals surface area contributed by atoms with E-state index in [1.165, 1.54) is 17.5 Å². The molecule has 33 heavy (non-hydrogen) atoms. The van der Waals surface area contributed by atoms with E-state index in [4.69, 9.17) is 4.74 Å². The maximum Gasteiger partial charge on any atom is 0.253 e. The minimum absolute atomic E-state index is 0.0895. The maximum absolute atomic E-state index is 12.9. The highest BCUT2D eigenvalue weighted by atomic mass is 32.2. The number of rotatable bonds is 10. The minimum atomic E-state index is -3.57. The van der Waals surface area contributed by atoms with Crippen molar-refractivity contribution in [3.05, 3.63) is 66.2 Å². The van der Waals surface area contributed by atoms with Gasteiger partial charge in [-0.3, -0.25) is 9.59 Å². The van der Waals surface area contributed by atoms with Gasteiger partial charge in [-0.15, -0.1) is 6.58 Å². The van der Waals surface area contributed by atoms with Gasteiger partial charge in [0.2, 0.25) is 15.9 Å². The molecule has 2 amide bonds. The summed E-state index contributed by atoms with van der Waals surface area (Å²) in [7, 11) is -2.06. The van der Waals surface area contributed by atoms with E-state index in [0.717, 1.165) is 12.8 Å². The molecule has 2 aromatic rings. The summed E-state index contributed by atoms with van der Waals surface area (Å²) in [5.74, 6) is -0.0894. The number of sulfonamides is 1. The van der Waals surface area contributed by atoms with Crippen LogP contribution in [0.1, 0.15) is 35.2 Å². The van der Waals surface area contributed by atoms with Crippen LogP contribution in [-0.4, -0.2) is 51.3 Å². The number of carbonyl (C=O) groups is 2. The molecule has 1 fully saturated rings. The van der Waals surface area contributed by atoms with Crippen LogP contribution in [0, 0.1) is 0 Å². The topological polar surface area (TPSA) is 105 Å². The molecule has 3 rings (SSSR count). The Morgan fingerprint density at radius 3 is 2.58 bits per heavy atom. The third-order valence-corrected chi connectivity index (χ3v) is 7.32. The molecular formula is C24H29N3O5S. The molecule has 0 bridgehead atoms. The summed E-state index contributed by atoms with van der Waals surface area (Å²) < 4.78 is 32.7. The van der Waals surface area contributed by atoms with Crippen LogP contribution in [0.5, 0.6) is 5.75 Å². The molecule has 176 valence electrons. The zero-order valence-corrected chi connectivity index (χ0v) is 19.5. The second-order valence-corrected chi connectivity index (χ2v) is 9.62. The Hall–Kier alpha value is -3.17. The van der Waals surface area contributed by atoms with Gasteiger partial charge >= 0.3 is 0 Å². The summed E-state index contributed by atoms with van der Waals surface area (Å²) in [6.45, 7) is 4.93. The molecule has 0 spiro atoms. The van der Waals surface area contributed by atoms with Gasteiger partial charge in [0, 0.05) is 26.1 Å². The molecular weight excluding hydrogens is 442 g/mol. The molecule has 2 aromatic carbocycles. The Morgan fingerprint density at radius 2 is 1.88 bits per heavy atom. The van der Waals surface area contributed by atoms with Crippen LogP contribution in [0.2, 0.25) is 0 Å². The maximum atomic E-state index is 12.9. The van der Waals surface area contributed by atoms with Crippen molar-refractivity contribution in [2.45, 2.75) is 30.6 Å². The van der Waals surface area contributed by atoms with Gasteiger partial charge < -0.3 is 15.4 Å². The molecule has 0 aromatic heterocycles. The monoisotopic (exact) mass is 471 g/mol. The lowest BCUT2D eigenvalue weighted by Crippen LogP contribution is -2.28. The fraction of sp³-hybridized carbons (Fsp3) is 0.333. The van der Waals surface area contributed by atoms with Crippen LogP contribution < -0.4 is 15.4 Å². The van der Waals surface area contributed by atoms with E-state index in [-0.39, 0.29) is 29.6 Å². The van der Waals surface area contributed by atoms with Crippen molar-refractivity contribution >= 4 is 27.5 Å². The van der Waals surface area contributed by atoms with Crippen LogP contribution in [0.15, 0.2) is 60.0 Å². The van der Waals surface area contributed by atoms with Crippen LogP contribution in [-0.2, 0) is 21.2 Å². The Balaban J connectivity index is 1.72. The molecule has 0 radical (unpaired) electrons. The van der Waals surface area contributed by atoms with Gasteiger partial charge in [-0.1, -0.05) is 18.2 Å². The van der Waals surface area contributed by atoms with E-state index >= 15 is 0 Å². The van der Waals surface area contributed by atoms with Gasteiger partial charge in [0.1, 0.15) is 5.75 Å². The third-order valence-electron chi connectivity index (χ3n) is 5.43. The summed E-state index contributed by atoms with van der Waals surface area (Å²) in [5, 5.41) is 5.47. The Labute approximate surface area is 194 Å². The van der Waals surface area contributed by atoms with Gasteiger partial charge in [-0.25, -0.2) is 8.42 Å². The van der Waals surface area contributed by atoms with Gasteiger partial charge in [-0.05, 0) is 55.2 Å². The Bertz CT molecular complexity index is 1120. The lowest BCUT2D eigenvalue weighted by Gasteiger charge is -2.17. The first-order chi connectivity index (χ1) is 15.9. The van der Waals surface area contributed by atoms with E-state index in [0.29, 0.717) is 42.2 Å². The van der Waals surface area contributed by atoms with E-state index in [2.05, 4.69) is 17.2 Å². The number of carbonyl (C=O) groups excluding carboxylic acids is 2. The fourth-order valence-corrected chi connectivity index (χ4v) is 5.27. The third kappa shape index (κ3) is 6.00. The highest BCUT2D eigenvalue weighted by Crippen LogP contribution is 2.27. The van der Waals surface area contributed by atoms with E-state index < -0.39 is 10.0 Å². The van der Waals surface area contributed by atoms with Crippen molar-refractivity contribution in [2.24, 2.45) is 0 Å². The van der Waals surface area contributed by atoms with Gasteiger partial charge in [0.15, 0.2) is 0 Å². The number of nitrogens with one attached hydrogen (secondary N) is 2. The van der Waals surface area contributed by atoms with Crippen molar-refractivity contribution in [1.82, 2.24) is 9.62 Å². The summed E-state index contributed by atoms with van der Waals surface area (Å²) in [5.41, 5.74) is 1.38. The van der Waals surface area contributed by atoms with Crippen molar-refractivity contribution in [3.8, 4) is 5.75 Å². The predicted octanol–water partition coefficient (Wildman–Crippen LogP) is 2.97. The minimum Gasteiger partial charge on any atom is -0.496 e. The largest absolute Gasteiger partial charge is 0.496 e. The standard InChI is InChI=1S/C24H29N3O5S/c1-3-14-25-24(29)20-8-4-5-9-21(20)26-23(28)13-10-18-17-19(11-12-22(18)32-2)33(30,31)27-15-6-7-16-27/h3-5,8-9,11-12,17H,1,6-7,10,13-16H2,2H3,(H,25,29)(H,26,28). The highest BCUT2D eigenvalue weighted by molar-refractivity contribution is 7.89. The number of para-hydroxylation sites is 1. The quantitative estimate of drug-likeness (QED) is 0.519. The average molecular weight is 472 g/mol. The van der Waals surface area contributed by atoms with Crippen molar-refractivity contribution in [3.63, 3.8) is 0 Å². The lowest BCUT2D eigenvalue weighted by molar-refractivity contribution is -0.116. The molecule has 1 saturated heterocycles. The lowest BCUT2D eigenvalue weighted by atomic mass is 10.1. The SMILES string of the molecule is C=CCNC(=O)c1ccccc1NC(=O)CCc1cc(S(=O)(=O)N2CCCC2)ccc1OC. The number of ether oxygens (including phenoxy) is 1. The van der Waals surface area contributed by atoms with E-state index in [1.807, 2.05) is 0 Å². The number of aryl methyl sites for hydroxylation is 1. The molecule has 2 N–H and O–H groups in total. The molecule has 0 unspecified atom stereocenters. The average Bonchev–Trinajstić information content (AvgIpc) is 3.37. The normalized spacial score (nSPS) is 14.0. The van der Waals surface area contributed by atoms with E-state index in [9.17, 15) is 18.0 Å². The number of hydrogen-bond acceptors (Lipinski definition) is 5. The van der Waals surface area contributed by atoms with Crippen LogP contribution in [0.25, 0.3) is 0 Å².